The Kier molecular flexibility index (Phi) is 3.54. The summed E-state index contributed by atoms with van der Waals surface area (Å²) in [4.78, 5) is 1.39. The van der Waals surface area contributed by atoms with Crippen LogP contribution in [-0.4, -0.2) is 5.75 Å². The van der Waals surface area contributed by atoms with Crippen molar-refractivity contribution in [3.63, 3.8) is 0 Å². The molecule has 94 valence electrons. The van der Waals surface area contributed by atoms with Gasteiger partial charge in [0.25, 0.3) is 0 Å². The third kappa shape index (κ3) is 2.65. The highest BCUT2D eigenvalue weighted by molar-refractivity contribution is 7.99. The Bertz CT molecular complexity index is 613. The van der Waals surface area contributed by atoms with Gasteiger partial charge in [0.1, 0.15) is 0 Å². The molecule has 0 spiro atoms. The van der Waals surface area contributed by atoms with Crippen molar-refractivity contribution in [2.24, 2.45) is 0 Å². The zero-order valence-corrected chi connectivity index (χ0v) is 11.3. The number of nitrogens with zero attached hydrogens (tertiary/aromatic N) is 1. The molecule has 3 heteroatoms. The van der Waals surface area contributed by atoms with Crippen molar-refractivity contribution < 1.29 is 0 Å². The molecule has 2 aromatic carbocycles. The maximum atomic E-state index is 8.77. The predicted octanol–water partition coefficient (Wildman–Crippen LogP) is 3.49. The fourth-order valence-corrected chi connectivity index (χ4v) is 3.47. The number of nitriles is 1. The molecule has 1 N–H and O–H groups in total. The summed E-state index contributed by atoms with van der Waals surface area (Å²) in [6.07, 6.45) is 0. The van der Waals surface area contributed by atoms with E-state index in [4.69, 9.17) is 5.26 Å². The van der Waals surface area contributed by atoms with Crippen LogP contribution < -0.4 is 5.32 Å². The quantitative estimate of drug-likeness (QED) is 0.923. The standard InChI is InChI=1S/C16H14N2S/c17-9-12-5-7-13(8-6-12)10-18-15-11-19-16-4-2-1-3-14(15)16/h1-8,15,18H,10-11H2. The summed E-state index contributed by atoms with van der Waals surface area (Å²) in [5, 5.41) is 12.4. The van der Waals surface area contributed by atoms with Gasteiger partial charge in [0.15, 0.2) is 0 Å². The number of rotatable bonds is 3. The van der Waals surface area contributed by atoms with E-state index in [0.29, 0.717) is 11.6 Å². The van der Waals surface area contributed by atoms with Gasteiger partial charge in [0, 0.05) is 23.2 Å². The smallest absolute Gasteiger partial charge is 0.0991 e. The number of thioether (sulfide) groups is 1. The van der Waals surface area contributed by atoms with E-state index >= 15 is 0 Å². The summed E-state index contributed by atoms with van der Waals surface area (Å²) in [5.74, 6) is 1.09. The molecule has 1 aliphatic heterocycles. The van der Waals surface area contributed by atoms with Gasteiger partial charge in [-0.25, -0.2) is 0 Å². The highest BCUT2D eigenvalue weighted by Crippen LogP contribution is 2.37. The van der Waals surface area contributed by atoms with Crippen molar-refractivity contribution in [2.75, 3.05) is 5.75 Å². The molecule has 1 atom stereocenters. The van der Waals surface area contributed by atoms with Crippen molar-refractivity contribution >= 4 is 11.8 Å². The van der Waals surface area contributed by atoms with Crippen LogP contribution in [0.4, 0.5) is 0 Å². The third-order valence-corrected chi connectivity index (χ3v) is 4.52. The second-order valence-corrected chi connectivity index (χ2v) is 5.65. The van der Waals surface area contributed by atoms with Crippen LogP contribution in [0, 0.1) is 11.3 Å². The van der Waals surface area contributed by atoms with Gasteiger partial charge in [-0.1, -0.05) is 30.3 Å². The summed E-state index contributed by atoms with van der Waals surface area (Å²) in [6.45, 7) is 0.839. The Morgan fingerprint density at radius 3 is 2.74 bits per heavy atom. The number of hydrogen-bond acceptors (Lipinski definition) is 3. The van der Waals surface area contributed by atoms with E-state index in [1.807, 2.05) is 36.0 Å². The van der Waals surface area contributed by atoms with Crippen LogP contribution in [0.5, 0.6) is 0 Å². The number of nitrogens with one attached hydrogen (secondary N) is 1. The monoisotopic (exact) mass is 266 g/mol. The van der Waals surface area contributed by atoms with Gasteiger partial charge in [0.05, 0.1) is 11.6 Å². The Balaban J connectivity index is 1.66. The summed E-state index contributed by atoms with van der Waals surface area (Å²) in [5.41, 5.74) is 3.33. The molecule has 19 heavy (non-hydrogen) atoms. The average Bonchev–Trinajstić information content (AvgIpc) is 2.89. The van der Waals surface area contributed by atoms with E-state index in [0.717, 1.165) is 12.3 Å². The lowest BCUT2D eigenvalue weighted by Crippen LogP contribution is -2.20. The third-order valence-electron chi connectivity index (χ3n) is 3.34. The first-order chi connectivity index (χ1) is 9.36. The van der Waals surface area contributed by atoms with E-state index in [1.165, 1.54) is 16.0 Å². The molecule has 0 aliphatic carbocycles. The molecule has 0 amide bonds. The lowest BCUT2D eigenvalue weighted by molar-refractivity contribution is 0.584. The largest absolute Gasteiger partial charge is 0.305 e. The predicted molar refractivity (Wildman–Crippen MR) is 77.9 cm³/mol. The molecule has 0 saturated heterocycles. The van der Waals surface area contributed by atoms with Crippen LogP contribution in [0.3, 0.4) is 0 Å². The highest BCUT2D eigenvalue weighted by Gasteiger charge is 2.21. The van der Waals surface area contributed by atoms with E-state index < -0.39 is 0 Å². The molecule has 2 nitrogen and oxygen atoms in total. The molecule has 3 rings (SSSR count). The Labute approximate surface area is 117 Å². The zero-order chi connectivity index (χ0) is 13.1. The minimum absolute atomic E-state index is 0.428. The first-order valence-electron chi connectivity index (χ1n) is 6.31. The molecule has 1 aliphatic rings. The van der Waals surface area contributed by atoms with Gasteiger partial charge in [-0.3, -0.25) is 0 Å². The van der Waals surface area contributed by atoms with Gasteiger partial charge in [-0.2, -0.15) is 5.26 Å². The summed E-state index contributed by atoms with van der Waals surface area (Å²) in [7, 11) is 0. The van der Waals surface area contributed by atoms with Gasteiger partial charge < -0.3 is 5.32 Å². The van der Waals surface area contributed by atoms with Crippen molar-refractivity contribution in [2.45, 2.75) is 17.5 Å². The maximum Gasteiger partial charge on any atom is 0.0991 e. The summed E-state index contributed by atoms with van der Waals surface area (Å²) < 4.78 is 0. The number of fused-ring (bicyclic) bond motifs is 1. The van der Waals surface area contributed by atoms with Gasteiger partial charge in [0.2, 0.25) is 0 Å². The summed E-state index contributed by atoms with van der Waals surface area (Å²) in [6, 6.07) is 18.9. The second kappa shape index (κ2) is 5.48. The van der Waals surface area contributed by atoms with Crippen molar-refractivity contribution in [1.82, 2.24) is 5.32 Å². The summed E-state index contributed by atoms with van der Waals surface area (Å²) >= 11 is 1.91. The van der Waals surface area contributed by atoms with E-state index in [2.05, 4.69) is 35.7 Å². The van der Waals surface area contributed by atoms with Crippen LogP contribution >= 0.6 is 11.8 Å². The van der Waals surface area contributed by atoms with Crippen molar-refractivity contribution in [3.05, 3.63) is 65.2 Å². The SMILES string of the molecule is N#Cc1ccc(CNC2CSc3ccccc32)cc1. The maximum absolute atomic E-state index is 8.77. The van der Waals surface area contributed by atoms with E-state index in [-0.39, 0.29) is 0 Å². The normalized spacial score (nSPS) is 16.9. The Hall–Kier alpha value is -1.76. The highest BCUT2D eigenvalue weighted by atomic mass is 32.2. The van der Waals surface area contributed by atoms with Crippen LogP contribution in [0.25, 0.3) is 0 Å². The molecule has 0 bridgehead atoms. The van der Waals surface area contributed by atoms with Gasteiger partial charge in [-0.15, -0.1) is 11.8 Å². The van der Waals surface area contributed by atoms with E-state index in [1.54, 1.807) is 0 Å². The molecule has 1 heterocycles. The Morgan fingerprint density at radius 2 is 1.95 bits per heavy atom. The lowest BCUT2D eigenvalue weighted by Gasteiger charge is -2.13. The zero-order valence-electron chi connectivity index (χ0n) is 10.5. The lowest BCUT2D eigenvalue weighted by atomic mass is 10.1. The fourth-order valence-electron chi connectivity index (χ4n) is 2.27. The minimum atomic E-state index is 0.428. The van der Waals surface area contributed by atoms with Gasteiger partial charge >= 0.3 is 0 Å². The Morgan fingerprint density at radius 1 is 1.16 bits per heavy atom. The molecule has 0 aromatic heterocycles. The van der Waals surface area contributed by atoms with E-state index in [9.17, 15) is 0 Å². The van der Waals surface area contributed by atoms with Gasteiger partial charge in [-0.05, 0) is 29.3 Å². The first kappa shape index (κ1) is 12.3. The molecular formula is C16H14N2S. The average molecular weight is 266 g/mol. The van der Waals surface area contributed by atoms with Crippen LogP contribution in [0.15, 0.2) is 53.4 Å². The second-order valence-electron chi connectivity index (χ2n) is 4.59. The van der Waals surface area contributed by atoms with Crippen molar-refractivity contribution in [3.8, 4) is 6.07 Å². The molecule has 0 radical (unpaired) electrons. The molecule has 0 fully saturated rings. The van der Waals surface area contributed by atoms with Crippen LogP contribution in [-0.2, 0) is 6.54 Å². The van der Waals surface area contributed by atoms with Crippen molar-refractivity contribution in [1.29, 1.82) is 5.26 Å². The molecule has 2 aromatic rings. The fraction of sp³-hybridized carbons (Fsp3) is 0.188. The first-order valence-corrected chi connectivity index (χ1v) is 7.29. The minimum Gasteiger partial charge on any atom is -0.305 e. The van der Waals surface area contributed by atoms with Crippen LogP contribution in [0.1, 0.15) is 22.7 Å². The topological polar surface area (TPSA) is 35.8 Å². The molecule has 1 unspecified atom stereocenters. The van der Waals surface area contributed by atoms with Crippen LogP contribution in [0.2, 0.25) is 0 Å². The molecular weight excluding hydrogens is 252 g/mol. The number of benzene rings is 2. The molecule has 0 saturated carbocycles. The number of hydrogen-bond donors (Lipinski definition) is 1.